The summed E-state index contributed by atoms with van der Waals surface area (Å²) in [7, 11) is 0. The van der Waals surface area contributed by atoms with Crippen LogP contribution in [0.15, 0.2) is 54.3 Å². The van der Waals surface area contributed by atoms with Crippen LogP contribution >= 0.6 is 0 Å². The fourth-order valence-corrected chi connectivity index (χ4v) is 2.43. The molecule has 2 heteroatoms. The molecule has 0 saturated heterocycles. The highest BCUT2D eigenvalue weighted by Crippen LogP contribution is 2.22. The fraction of sp³-hybridized carbons (Fsp3) is 0.250. The maximum Gasteiger partial charge on any atom is 0.127 e. The second kappa shape index (κ2) is 7.53. The van der Waals surface area contributed by atoms with E-state index in [0.717, 1.165) is 55.1 Å². The maximum absolute atomic E-state index is 5.88. The van der Waals surface area contributed by atoms with Crippen molar-refractivity contribution in [2.45, 2.75) is 19.3 Å². The van der Waals surface area contributed by atoms with E-state index in [1.54, 1.807) is 0 Å². The van der Waals surface area contributed by atoms with Crippen molar-refractivity contribution >= 4 is 12.2 Å². The van der Waals surface area contributed by atoms with Gasteiger partial charge in [0.05, 0.1) is 13.2 Å². The molecule has 0 spiro atoms. The van der Waals surface area contributed by atoms with Crippen LogP contribution in [0.1, 0.15) is 30.4 Å². The van der Waals surface area contributed by atoms with Crippen LogP contribution in [0.2, 0.25) is 0 Å². The van der Waals surface area contributed by atoms with Crippen molar-refractivity contribution in [2.75, 3.05) is 13.2 Å². The summed E-state index contributed by atoms with van der Waals surface area (Å²) in [5, 5.41) is 0. The van der Waals surface area contributed by atoms with E-state index in [4.69, 9.17) is 9.47 Å². The summed E-state index contributed by atoms with van der Waals surface area (Å²) in [6.45, 7) is 1.48. The van der Waals surface area contributed by atoms with Gasteiger partial charge in [-0.15, -0.1) is 5.73 Å². The van der Waals surface area contributed by atoms with E-state index >= 15 is 0 Å². The van der Waals surface area contributed by atoms with Crippen molar-refractivity contribution in [1.82, 2.24) is 0 Å². The summed E-state index contributed by atoms with van der Waals surface area (Å²) < 4.78 is 11.8. The Hall–Kier alpha value is -2.44. The van der Waals surface area contributed by atoms with Crippen LogP contribution in [0.4, 0.5) is 0 Å². The summed E-state index contributed by atoms with van der Waals surface area (Å²) in [4.78, 5) is 0. The van der Waals surface area contributed by atoms with Crippen molar-refractivity contribution in [1.29, 1.82) is 0 Å². The number of ether oxygens (including phenoxy) is 2. The molecule has 112 valence electrons. The lowest BCUT2D eigenvalue weighted by Crippen LogP contribution is -2.02. The van der Waals surface area contributed by atoms with Crippen molar-refractivity contribution in [3.8, 4) is 11.5 Å². The third-order valence-corrected chi connectivity index (χ3v) is 3.62. The average molecular weight is 292 g/mol. The number of benzene rings is 2. The fourth-order valence-electron chi connectivity index (χ4n) is 2.43. The number of hydrogen-bond acceptors (Lipinski definition) is 2. The molecule has 1 heterocycles. The minimum Gasteiger partial charge on any atom is -0.493 e. The van der Waals surface area contributed by atoms with E-state index in [9.17, 15) is 0 Å². The molecule has 0 saturated carbocycles. The van der Waals surface area contributed by atoms with Crippen molar-refractivity contribution in [3.05, 3.63) is 65.4 Å². The van der Waals surface area contributed by atoms with E-state index < -0.39 is 0 Å². The van der Waals surface area contributed by atoms with E-state index in [1.807, 2.05) is 60.7 Å². The van der Waals surface area contributed by atoms with E-state index in [0.29, 0.717) is 0 Å². The molecule has 0 amide bonds. The van der Waals surface area contributed by atoms with Gasteiger partial charge in [-0.1, -0.05) is 36.4 Å². The van der Waals surface area contributed by atoms with Crippen LogP contribution in [-0.2, 0) is 0 Å². The first-order valence-electron chi connectivity index (χ1n) is 7.79. The van der Waals surface area contributed by atoms with Crippen LogP contribution < -0.4 is 9.47 Å². The summed E-state index contributed by atoms with van der Waals surface area (Å²) in [5.74, 6) is 1.84. The predicted molar refractivity (Wildman–Crippen MR) is 90.2 cm³/mol. The molecule has 0 unspecified atom stereocenters. The van der Waals surface area contributed by atoms with Crippen LogP contribution in [-0.4, -0.2) is 13.2 Å². The molecule has 0 aromatic heterocycles. The molecule has 0 aliphatic carbocycles. The van der Waals surface area contributed by atoms with Gasteiger partial charge in [0.1, 0.15) is 11.5 Å². The largest absolute Gasteiger partial charge is 0.493 e. The molecule has 22 heavy (non-hydrogen) atoms. The first kappa shape index (κ1) is 14.5. The Morgan fingerprint density at radius 1 is 0.636 bits per heavy atom. The number of para-hydroxylation sites is 2. The Bertz CT molecular complexity index is 626. The minimum absolute atomic E-state index is 0.741. The monoisotopic (exact) mass is 292 g/mol. The number of rotatable bonds is 0. The van der Waals surface area contributed by atoms with E-state index in [-0.39, 0.29) is 0 Å². The summed E-state index contributed by atoms with van der Waals surface area (Å²) in [6.07, 6.45) is 7.10. The standard InChI is InChI=1S/C20H20O2/c1-6-15-21-19-13-4-2-9-17(19)11-8-12-18-10-3-5-14-20(18)22-16-7-1/h2-5,9-14H,1,6-7,15-16H2. The molecule has 0 atom stereocenters. The van der Waals surface area contributed by atoms with Gasteiger partial charge in [-0.3, -0.25) is 0 Å². The van der Waals surface area contributed by atoms with Crippen molar-refractivity contribution in [3.63, 3.8) is 0 Å². The van der Waals surface area contributed by atoms with Crippen LogP contribution in [0.5, 0.6) is 11.5 Å². The third-order valence-electron chi connectivity index (χ3n) is 3.62. The van der Waals surface area contributed by atoms with Gasteiger partial charge in [-0.05, 0) is 43.5 Å². The topological polar surface area (TPSA) is 18.5 Å². The van der Waals surface area contributed by atoms with Gasteiger partial charge in [0.15, 0.2) is 0 Å². The smallest absolute Gasteiger partial charge is 0.127 e. The normalized spacial score (nSPS) is 14.9. The molecule has 0 radical (unpaired) electrons. The Morgan fingerprint density at radius 2 is 1.14 bits per heavy atom. The Kier molecular flexibility index (Phi) is 4.96. The molecule has 3 rings (SSSR count). The highest BCUT2D eigenvalue weighted by atomic mass is 16.5. The maximum atomic E-state index is 5.88. The Labute approximate surface area is 131 Å². The molecule has 0 bridgehead atoms. The van der Waals surface area contributed by atoms with Crippen molar-refractivity contribution < 1.29 is 9.47 Å². The predicted octanol–water partition coefficient (Wildman–Crippen LogP) is 4.95. The van der Waals surface area contributed by atoms with Gasteiger partial charge >= 0.3 is 0 Å². The second-order valence-corrected chi connectivity index (χ2v) is 5.29. The van der Waals surface area contributed by atoms with Gasteiger partial charge < -0.3 is 9.47 Å². The summed E-state index contributed by atoms with van der Waals surface area (Å²) in [5.41, 5.74) is 5.34. The van der Waals surface area contributed by atoms with Gasteiger partial charge in [0.25, 0.3) is 0 Å². The molecular weight excluding hydrogens is 272 g/mol. The number of fused-ring (bicyclic) bond motifs is 2. The SMILES string of the molecule is C1=Cc2ccccc2OCCCCCOc2ccccc2C=1. The first-order valence-corrected chi connectivity index (χ1v) is 7.79. The lowest BCUT2D eigenvalue weighted by Gasteiger charge is -2.11. The molecule has 1 aliphatic rings. The van der Waals surface area contributed by atoms with Gasteiger partial charge in [-0.2, -0.15) is 0 Å². The quantitative estimate of drug-likeness (QED) is 0.639. The summed E-state index contributed by atoms with van der Waals surface area (Å²) in [6, 6.07) is 16.1. The zero-order valence-electron chi connectivity index (χ0n) is 12.6. The Morgan fingerprint density at radius 3 is 1.68 bits per heavy atom. The molecule has 0 fully saturated rings. The summed E-state index contributed by atoms with van der Waals surface area (Å²) >= 11 is 0. The minimum atomic E-state index is 0.741. The molecule has 2 aromatic carbocycles. The van der Waals surface area contributed by atoms with Crippen LogP contribution in [0.25, 0.3) is 12.2 Å². The van der Waals surface area contributed by atoms with E-state index in [2.05, 4.69) is 5.73 Å². The van der Waals surface area contributed by atoms with Gasteiger partial charge in [-0.25, -0.2) is 0 Å². The second-order valence-electron chi connectivity index (χ2n) is 5.29. The highest BCUT2D eigenvalue weighted by molar-refractivity contribution is 5.64. The van der Waals surface area contributed by atoms with Crippen LogP contribution in [0, 0.1) is 0 Å². The lowest BCUT2D eigenvalue weighted by molar-refractivity contribution is 0.279. The van der Waals surface area contributed by atoms with Crippen molar-refractivity contribution in [2.24, 2.45) is 0 Å². The molecule has 2 nitrogen and oxygen atoms in total. The molecule has 2 aromatic rings. The average Bonchev–Trinajstić information content (AvgIpc) is 2.56. The zero-order chi connectivity index (χ0) is 15.0. The molecular formula is C20H20O2. The molecule has 0 N–H and O–H groups in total. The lowest BCUT2D eigenvalue weighted by atomic mass is 10.1. The van der Waals surface area contributed by atoms with Gasteiger partial charge in [0, 0.05) is 11.1 Å². The zero-order valence-corrected chi connectivity index (χ0v) is 12.6. The number of hydrogen-bond donors (Lipinski definition) is 0. The molecule has 1 aliphatic heterocycles. The first-order chi connectivity index (χ1) is 10.9. The highest BCUT2D eigenvalue weighted by Gasteiger charge is 2.02. The third kappa shape index (κ3) is 3.81. The van der Waals surface area contributed by atoms with E-state index in [1.165, 1.54) is 0 Å². The van der Waals surface area contributed by atoms with Crippen LogP contribution in [0.3, 0.4) is 0 Å². The van der Waals surface area contributed by atoms with Gasteiger partial charge in [0.2, 0.25) is 0 Å². The Balaban J connectivity index is 1.94.